The highest BCUT2D eigenvalue weighted by Crippen LogP contribution is 2.24. The molecule has 0 bridgehead atoms. The Kier molecular flexibility index (Phi) is 4.89. The summed E-state index contributed by atoms with van der Waals surface area (Å²) in [6.07, 6.45) is -0.874. The van der Waals surface area contributed by atoms with Crippen molar-refractivity contribution < 1.29 is 23.8 Å². The zero-order chi connectivity index (χ0) is 14.6. The van der Waals surface area contributed by atoms with E-state index in [9.17, 15) is 14.3 Å². The average molecular weight is 270 g/mol. The van der Waals surface area contributed by atoms with Gasteiger partial charge in [0.25, 0.3) is 0 Å². The monoisotopic (exact) mass is 270 g/mol. The Hall–Kier alpha value is -1.62. The molecule has 5 heteroatoms. The molecule has 0 aromatic heterocycles. The molecule has 0 unspecified atom stereocenters. The van der Waals surface area contributed by atoms with Gasteiger partial charge in [-0.05, 0) is 32.9 Å². The molecule has 4 nitrogen and oxygen atoms in total. The molecule has 0 spiro atoms. The number of benzene rings is 1. The molecule has 0 saturated heterocycles. The van der Waals surface area contributed by atoms with Crippen molar-refractivity contribution in [1.82, 2.24) is 0 Å². The molecular formula is C14H19FO4. The van der Waals surface area contributed by atoms with Crippen molar-refractivity contribution in [2.45, 2.75) is 26.9 Å². The molecule has 1 aromatic rings. The van der Waals surface area contributed by atoms with E-state index in [1.165, 1.54) is 26.2 Å². The second-order valence-corrected chi connectivity index (χ2v) is 5.02. The Morgan fingerprint density at radius 3 is 2.58 bits per heavy atom. The standard InChI is InChI=1S/C14H19FO4/c1-9(16)11-6-5-10(7-12(11)15)19-8-14(2,3)13(17)18-4/h5-7,9,16H,8H2,1-4H3/t9-/m1/s1. The van der Waals surface area contributed by atoms with Crippen molar-refractivity contribution in [1.29, 1.82) is 0 Å². The summed E-state index contributed by atoms with van der Waals surface area (Å²) in [5, 5.41) is 9.32. The molecule has 0 saturated carbocycles. The smallest absolute Gasteiger partial charge is 0.314 e. The van der Waals surface area contributed by atoms with Crippen LogP contribution in [0.1, 0.15) is 32.4 Å². The first-order valence-electron chi connectivity index (χ1n) is 5.96. The molecule has 1 rings (SSSR count). The van der Waals surface area contributed by atoms with Gasteiger partial charge < -0.3 is 14.6 Å². The van der Waals surface area contributed by atoms with Crippen LogP contribution in [0, 0.1) is 11.2 Å². The van der Waals surface area contributed by atoms with Crippen LogP contribution in [0.25, 0.3) is 0 Å². The normalized spacial score (nSPS) is 12.9. The third-order valence-electron chi connectivity index (χ3n) is 2.76. The van der Waals surface area contributed by atoms with E-state index in [-0.39, 0.29) is 12.2 Å². The minimum atomic E-state index is -0.874. The third kappa shape index (κ3) is 3.92. The molecule has 0 heterocycles. The number of aliphatic hydroxyl groups excluding tert-OH is 1. The largest absolute Gasteiger partial charge is 0.492 e. The predicted octanol–water partition coefficient (Wildman–Crippen LogP) is 2.46. The molecule has 19 heavy (non-hydrogen) atoms. The van der Waals surface area contributed by atoms with Crippen LogP contribution in [0.4, 0.5) is 4.39 Å². The Bertz CT molecular complexity index is 455. The van der Waals surface area contributed by atoms with Crippen LogP contribution >= 0.6 is 0 Å². The second kappa shape index (κ2) is 6.02. The van der Waals surface area contributed by atoms with Gasteiger partial charge in [0.05, 0.1) is 18.6 Å². The summed E-state index contributed by atoms with van der Waals surface area (Å²) in [4.78, 5) is 11.5. The first-order chi connectivity index (χ1) is 8.77. The lowest BCUT2D eigenvalue weighted by Gasteiger charge is -2.21. The van der Waals surface area contributed by atoms with E-state index in [2.05, 4.69) is 4.74 Å². The van der Waals surface area contributed by atoms with Crippen LogP contribution in [-0.4, -0.2) is 24.8 Å². The van der Waals surface area contributed by atoms with Crippen molar-refractivity contribution >= 4 is 5.97 Å². The van der Waals surface area contributed by atoms with Crippen LogP contribution in [0.2, 0.25) is 0 Å². The molecule has 1 aromatic carbocycles. The predicted molar refractivity (Wildman–Crippen MR) is 68.3 cm³/mol. The number of halogens is 1. The maximum Gasteiger partial charge on any atom is 0.314 e. The van der Waals surface area contributed by atoms with Gasteiger partial charge >= 0.3 is 5.97 Å². The molecular weight excluding hydrogens is 251 g/mol. The Labute approximate surface area is 112 Å². The van der Waals surface area contributed by atoms with E-state index in [1.807, 2.05) is 0 Å². The number of aliphatic hydroxyl groups is 1. The molecule has 106 valence electrons. The number of carbonyl (C=O) groups excluding carboxylic acids is 1. The van der Waals surface area contributed by atoms with Crippen molar-refractivity contribution in [3.8, 4) is 5.75 Å². The second-order valence-electron chi connectivity index (χ2n) is 5.02. The minimum absolute atomic E-state index is 0.0765. The number of methoxy groups -OCH3 is 1. The molecule has 1 atom stereocenters. The summed E-state index contributed by atoms with van der Waals surface area (Å²) in [6.45, 7) is 4.92. The van der Waals surface area contributed by atoms with Gasteiger partial charge in [0.15, 0.2) is 0 Å². The van der Waals surface area contributed by atoms with E-state index < -0.39 is 23.3 Å². The zero-order valence-corrected chi connectivity index (χ0v) is 11.6. The molecule has 0 aliphatic carbocycles. The molecule has 1 N–H and O–H groups in total. The van der Waals surface area contributed by atoms with Gasteiger partial charge in [-0.2, -0.15) is 0 Å². The maximum absolute atomic E-state index is 13.6. The van der Waals surface area contributed by atoms with Crippen LogP contribution in [0.15, 0.2) is 18.2 Å². The number of rotatable bonds is 5. The topological polar surface area (TPSA) is 55.8 Å². The lowest BCUT2D eigenvalue weighted by atomic mass is 9.95. The molecule has 0 aliphatic heterocycles. The van der Waals surface area contributed by atoms with Crippen LogP contribution < -0.4 is 4.74 Å². The highest BCUT2D eigenvalue weighted by molar-refractivity contribution is 5.75. The van der Waals surface area contributed by atoms with Crippen LogP contribution in [-0.2, 0) is 9.53 Å². The van der Waals surface area contributed by atoms with E-state index in [0.717, 1.165) is 0 Å². The quantitative estimate of drug-likeness (QED) is 0.835. The van der Waals surface area contributed by atoms with Crippen molar-refractivity contribution in [2.24, 2.45) is 5.41 Å². The van der Waals surface area contributed by atoms with Crippen molar-refractivity contribution in [2.75, 3.05) is 13.7 Å². The summed E-state index contributed by atoms with van der Waals surface area (Å²) in [5.74, 6) is -0.629. The molecule has 0 radical (unpaired) electrons. The fraction of sp³-hybridized carbons (Fsp3) is 0.500. The SMILES string of the molecule is COC(=O)C(C)(C)COc1ccc([C@@H](C)O)c(F)c1. The van der Waals surface area contributed by atoms with Crippen LogP contribution in [0.5, 0.6) is 5.75 Å². The van der Waals surface area contributed by atoms with Crippen LogP contribution in [0.3, 0.4) is 0 Å². The van der Waals surface area contributed by atoms with Gasteiger partial charge in [0, 0.05) is 11.6 Å². The van der Waals surface area contributed by atoms with Gasteiger partial charge in [-0.25, -0.2) is 4.39 Å². The highest BCUT2D eigenvalue weighted by atomic mass is 19.1. The Balaban J connectivity index is 2.74. The van der Waals surface area contributed by atoms with E-state index >= 15 is 0 Å². The fourth-order valence-electron chi connectivity index (χ4n) is 1.54. The van der Waals surface area contributed by atoms with Gasteiger partial charge in [-0.15, -0.1) is 0 Å². The highest BCUT2D eigenvalue weighted by Gasteiger charge is 2.29. The number of ether oxygens (including phenoxy) is 2. The number of carbonyl (C=O) groups is 1. The van der Waals surface area contributed by atoms with Crippen molar-refractivity contribution in [3.63, 3.8) is 0 Å². The summed E-state index contributed by atoms with van der Waals surface area (Å²) in [7, 11) is 1.31. The Morgan fingerprint density at radius 2 is 2.11 bits per heavy atom. The van der Waals surface area contributed by atoms with E-state index in [1.54, 1.807) is 19.9 Å². The molecule has 0 fully saturated rings. The number of esters is 1. The van der Waals surface area contributed by atoms with Gasteiger partial charge in [0.2, 0.25) is 0 Å². The number of hydrogen-bond donors (Lipinski definition) is 1. The van der Waals surface area contributed by atoms with E-state index in [0.29, 0.717) is 5.75 Å². The summed E-state index contributed by atoms with van der Waals surface area (Å²) in [6, 6.07) is 4.20. The first-order valence-corrected chi connectivity index (χ1v) is 5.96. The first kappa shape index (κ1) is 15.4. The summed E-state index contributed by atoms with van der Waals surface area (Å²) in [5.41, 5.74) is -0.603. The lowest BCUT2D eigenvalue weighted by Crippen LogP contribution is -2.32. The average Bonchev–Trinajstić information content (AvgIpc) is 2.35. The maximum atomic E-state index is 13.6. The van der Waals surface area contributed by atoms with E-state index in [4.69, 9.17) is 4.74 Å². The molecule has 0 amide bonds. The van der Waals surface area contributed by atoms with Gasteiger partial charge in [-0.3, -0.25) is 4.79 Å². The Morgan fingerprint density at radius 1 is 1.47 bits per heavy atom. The lowest BCUT2D eigenvalue weighted by molar-refractivity contribution is -0.152. The van der Waals surface area contributed by atoms with Gasteiger partial charge in [-0.1, -0.05) is 0 Å². The minimum Gasteiger partial charge on any atom is -0.492 e. The fourth-order valence-corrected chi connectivity index (χ4v) is 1.54. The van der Waals surface area contributed by atoms with Gasteiger partial charge in [0.1, 0.15) is 18.2 Å². The van der Waals surface area contributed by atoms with Crippen molar-refractivity contribution in [3.05, 3.63) is 29.6 Å². The zero-order valence-electron chi connectivity index (χ0n) is 11.6. The third-order valence-corrected chi connectivity index (χ3v) is 2.76. The number of hydrogen-bond acceptors (Lipinski definition) is 4. The summed E-state index contributed by atoms with van der Waals surface area (Å²) >= 11 is 0. The summed E-state index contributed by atoms with van der Waals surface area (Å²) < 4.78 is 23.7. The molecule has 0 aliphatic rings.